The van der Waals surface area contributed by atoms with Crippen molar-refractivity contribution in [2.75, 3.05) is 0 Å². The number of hydrazine groups is 1. The summed E-state index contributed by atoms with van der Waals surface area (Å²) >= 11 is 0. The highest BCUT2D eigenvalue weighted by molar-refractivity contribution is 6.09. The quantitative estimate of drug-likeness (QED) is 0.622. The van der Waals surface area contributed by atoms with E-state index in [-0.39, 0.29) is 0 Å². The van der Waals surface area contributed by atoms with Crippen molar-refractivity contribution in [2.24, 2.45) is 0 Å². The van der Waals surface area contributed by atoms with Crippen LogP contribution < -0.4 is 10.7 Å². The second kappa shape index (κ2) is 7.87. The Bertz CT molecular complexity index is 1060. The molecule has 1 atom stereocenters. The van der Waals surface area contributed by atoms with Gasteiger partial charge in [-0.3, -0.25) is 15.0 Å². The summed E-state index contributed by atoms with van der Waals surface area (Å²) in [4.78, 5) is 37.8. The Balaban J connectivity index is 1.42. The Labute approximate surface area is 174 Å². The van der Waals surface area contributed by atoms with Crippen LogP contribution in [0.15, 0.2) is 79.1 Å². The molecule has 7 nitrogen and oxygen atoms in total. The van der Waals surface area contributed by atoms with E-state index in [2.05, 4.69) is 10.7 Å². The number of aryl methyl sites for hydroxylation is 1. The van der Waals surface area contributed by atoms with Gasteiger partial charge in [0.15, 0.2) is 0 Å². The first-order valence-electron chi connectivity index (χ1n) is 9.71. The molecule has 30 heavy (non-hydrogen) atoms. The number of benzene rings is 2. The van der Waals surface area contributed by atoms with E-state index in [1.54, 1.807) is 31.2 Å². The number of amides is 4. The van der Waals surface area contributed by atoms with E-state index >= 15 is 0 Å². The van der Waals surface area contributed by atoms with Gasteiger partial charge < -0.3 is 9.88 Å². The highest BCUT2D eigenvalue weighted by Gasteiger charge is 2.48. The Hall–Kier alpha value is -3.87. The van der Waals surface area contributed by atoms with Gasteiger partial charge in [0, 0.05) is 23.6 Å². The third-order valence-electron chi connectivity index (χ3n) is 5.26. The van der Waals surface area contributed by atoms with E-state index in [4.69, 9.17) is 0 Å². The van der Waals surface area contributed by atoms with Crippen molar-refractivity contribution in [3.63, 3.8) is 0 Å². The van der Waals surface area contributed by atoms with Gasteiger partial charge in [-0.25, -0.2) is 4.79 Å². The zero-order valence-corrected chi connectivity index (χ0v) is 16.5. The molecule has 2 N–H and O–H groups in total. The summed E-state index contributed by atoms with van der Waals surface area (Å²) < 4.78 is 1.91. The van der Waals surface area contributed by atoms with Crippen LogP contribution in [0.2, 0.25) is 0 Å². The van der Waals surface area contributed by atoms with Gasteiger partial charge in [-0.2, -0.15) is 5.01 Å². The van der Waals surface area contributed by atoms with E-state index in [0.29, 0.717) is 18.4 Å². The normalized spacial score (nSPS) is 18.4. The molecule has 2 heterocycles. The minimum atomic E-state index is -1.07. The molecule has 7 heteroatoms. The van der Waals surface area contributed by atoms with Gasteiger partial charge in [-0.05, 0) is 61.7 Å². The molecule has 2 aromatic carbocycles. The summed E-state index contributed by atoms with van der Waals surface area (Å²) in [5.74, 6) is -0.995. The molecule has 1 aliphatic rings. The van der Waals surface area contributed by atoms with Crippen LogP contribution in [-0.4, -0.2) is 33.0 Å². The van der Waals surface area contributed by atoms with Crippen LogP contribution in [0.25, 0.3) is 5.69 Å². The molecular formula is C23H22N4O3. The fraction of sp³-hybridized carbons (Fsp3) is 0.174. The average molecular weight is 402 g/mol. The molecule has 1 aliphatic heterocycles. The standard InChI is InChI=1S/C23H22N4O3/c1-23(14-13-17-7-3-2-4-8-17)21(29)27(22(30)24-23)25-20(28)18-9-11-19(12-10-18)26-15-5-6-16-26/h2-12,15-16H,13-14H2,1H3,(H,24,30)(H,25,28)/t23-/m1/s1. The highest BCUT2D eigenvalue weighted by Crippen LogP contribution is 2.22. The maximum absolute atomic E-state index is 12.9. The van der Waals surface area contributed by atoms with Crippen LogP contribution in [0, 0.1) is 0 Å². The number of carbonyl (C=O) groups excluding carboxylic acids is 3. The topological polar surface area (TPSA) is 83.4 Å². The fourth-order valence-corrected chi connectivity index (χ4v) is 3.45. The monoisotopic (exact) mass is 402 g/mol. The van der Waals surface area contributed by atoms with Crippen molar-refractivity contribution in [3.8, 4) is 5.69 Å². The molecule has 1 fully saturated rings. The van der Waals surface area contributed by atoms with Gasteiger partial charge in [-0.15, -0.1) is 0 Å². The summed E-state index contributed by atoms with van der Waals surface area (Å²) in [7, 11) is 0. The van der Waals surface area contributed by atoms with Crippen molar-refractivity contribution < 1.29 is 14.4 Å². The van der Waals surface area contributed by atoms with Crippen LogP contribution in [0.5, 0.6) is 0 Å². The fourth-order valence-electron chi connectivity index (χ4n) is 3.45. The Kier molecular flexibility index (Phi) is 5.10. The van der Waals surface area contributed by atoms with Gasteiger partial charge in [0.1, 0.15) is 5.54 Å². The van der Waals surface area contributed by atoms with Crippen molar-refractivity contribution in [1.82, 2.24) is 20.3 Å². The van der Waals surface area contributed by atoms with Crippen LogP contribution in [0.1, 0.15) is 29.3 Å². The predicted molar refractivity (Wildman–Crippen MR) is 112 cm³/mol. The molecule has 4 rings (SSSR count). The molecule has 0 bridgehead atoms. The second-order valence-corrected chi connectivity index (χ2v) is 7.47. The third kappa shape index (κ3) is 3.82. The first kappa shape index (κ1) is 19.4. The van der Waals surface area contributed by atoms with Crippen LogP contribution >= 0.6 is 0 Å². The lowest BCUT2D eigenvalue weighted by Gasteiger charge is -2.21. The van der Waals surface area contributed by atoms with Gasteiger partial charge in [0.2, 0.25) is 0 Å². The zero-order valence-electron chi connectivity index (χ0n) is 16.5. The molecule has 3 aromatic rings. The van der Waals surface area contributed by atoms with Gasteiger partial charge >= 0.3 is 6.03 Å². The molecule has 0 spiro atoms. The SMILES string of the molecule is C[C@]1(CCc2ccccc2)NC(=O)N(NC(=O)c2ccc(-n3cccc3)cc2)C1=O. The van der Waals surface area contributed by atoms with E-state index in [1.165, 1.54) is 0 Å². The maximum atomic E-state index is 12.9. The van der Waals surface area contributed by atoms with Crippen LogP contribution in [0.3, 0.4) is 0 Å². The number of aromatic nitrogens is 1. The van der Waals surface area contributed by atoms with Crippen LogP contribution in [-0.2, 0) is 11.2 Å². The first-order valence-corrected chi connectivity index (χ1v) is 9.71. The average Bonchev–Trinajstić information content (AvgIpc) is 3.37. The lowest BCUT2D eigenvalue weighted by atomic mass is 9.93. The Morgan fingerprint density at radius 2 is 1.63 bits per heavy atom. The minimum Gasteiger partial charge on any atom is -0.324 e. The molecule has 1 aromatic heterocycles. The number of hydrogen-bond acceptors (Lipinski definition) is 3. The molecule has 0 radical (unpaired) electrons. The molecule has 0 saturated carbocycles. The molecule has 4 amide bonds. The summed E-state index contributed by atoms with van der Waals surface area (Å²) in [5, 5.41) is 3.48. The largest absolute Gasteiger partial charge is 0.344 e. The summed E-state index contributed by atoms with van der Waals surface area (Å²) in [6.45, 7) is 1.67. The van der Waals surface area contributed by atoms with Gasteiger partial charge in [0.25, 0.3) is 11.8 Å². The lowest BCUT2D eigenvalue weighted by molar-refractivity contribution is -0.132. The first-order chi connectivity index (χ1) is 14.5. The Morgan fingerprint density at radius 3 is 2.30 bits per heavy atom. The molecule has 152 valence electrons. The number of nitrogens with one attached hydrogen (secondary N) is 2. The highest BCUT2D eigenvalue weighted by atomic mass is 16.2. The summed E-state index contributed by atoms with van der Waals surface area (Å²) in [6.07, 6.45) is 4.86. The van der Waals surface area contributed by atoms with E-state index in [9.17, 15) is 14.4 Å². The number of hydrogen-bond donors (Lipinski definition) is 2. The zero-order chi connectivity index (χ0) is 21.1. The smallest absolute Gasteiger partial charge is 0.324 e. The number of imide groups is 1. The number of rotatable bonds is 6. The van der Waals surface area contributed by atoms with E-state index in [1.807, 2.05) is 59.4 Å². The maximum Gasteiger partial charge on any atom is 0.344 e. The van der Waals surface area contributed by atoms with Gasteiger partial charge in [-0.1, -0.05) is 30.3 Å². The second-order valence-electron chi connectivity index (χ2n) is 7.47. The molecule has 0 unspecified atom stereocenters. The number of carbonyl (C=O) groups is 3. The van der Waals surface area contributed by atoms with Crippen LogP contribution in [0.4, 0.5) is 4.79 Å². The van der Waals surface area contributed by atoms with E-state index in [0.717, 1.165) is 16.3 Å². The molecular weight excluding hydrogens is 380 g/mol. The minimum absolute atomic E-state index is 0.351. The summed E-state index contributed by atoms with van der Waals surface area (Å²) in [5.41, 5.74) is 3.69. The van der Waals surface area contributed by atoms with E-state index < -0.39 is 23.4 Å². The Morgan fingerprint density at radius 1 is 0.967 bits per heavy atom. The molecule has 1 saturated heterocycles. The lowest BCUT2D eigenvalue weighted by Crippen LogP contribution is -2.48. The predicted octanol–water partition coefficient (Wildman–Crippen LogP) is 3.07. The molecule has 0 aliphatic carbocycles. The van der Waals surface area contributed by atoms with Crippen molar-refractivity contribution in [1.29, 1.82) is 0 Å². The number of urea groups is 1. The summed E-state index contributed by atoms with van der Waals surface area (Å²) in [6, 6.07) is 19.8. The van der Waals surface area contributed by atoms with Gasteiger partial charge in [0.05, 0.1) is 0 Å². The number of nitrogens with zero attached hydrogens (tertiary/aromatic N) is 2. The van der Waals surface area contributed by atoms with Crippen molar-refractivity contribution >= 4 is 17.8 Å². The van der Waals surface area contributed by atoms with Crippen molar-refractivity contribution in [3.05, 3.63) is 90.3 Å². The van der Waals surface area contributed by atoms with Crippen molar-refractivity contribution in [2.45, 2.75) is 25.3 Å². The third-order valence-corrected chi connectivity index (χ3v) is 5.26.